The molecule has 34 heavy (non-hydrogen) atoms. The second-order valence-electron chi connectivity index (χ2n) is 7.64. The normalized spacial score (nSPS) is 10.9. The van der Waals surface area contributed by atoms with E-state index in [1.165, 1.54) is 0 Å². The predicted molar refractivity (Wildman–Crippen MR) is 131 cm³/mol. The highest BCUT2D eigenvalue weighted by molar-refractivity contribution is 6.40. The van der Waals surface area contributed by atoms with E-state index in [1.54, 1.807) is 0 Å². The van der Waals surface area contributed by atoms with Gasteiger partial charge in [-0.2, -0.15) is 0 Å². The molecule has 4 nitrogen and oxygen atoms in total. The molecule has 0 unspecified atom stereocenters. The topological polar surface area (TPSA) is 52.6 Å². The minimum Gasteiger partial charge on any atom is -0.451 e. The lowest BCUT2D eigenvalue weighted by Gasteiger charge is -2.22. The van der Waals surface area contributed by atoms with Crippen LogP contribution in [-0.4, -0.2) is 17.3 Å². The van der Waals surface area contributed by atoms with Crippen LogP contribution in [0, 0.1) is 0 Å². The van der Waals surface area contributed by atoms with Crippen molar-refractivity contribution >= 4 is 23.5 Å². The van der Waals surface area contributed by atoms with Gasteiger partial charge in [0.2, 0.25) is 5.38 Å². The monoisotopic (exact) mass is 470 g/mol. The number of rotatable bonds is 8. The molecular formula is C29H23ClO4. The lowest BCUT2D eigenvalue weighted by atomic mass is 10.0. The van der Waals surface area contributed by atoms with E-state index in [9.17, 15) is 9.59 Å². The van der Waals surface area contributed by atoms with Gasteiger partial charge in [-0.05, 0) is 22.3 Å². The maximum absolute atomic E-state index is 12.9. The fourth-order valence-electron chi connectivity index (χ4n) is 3.62. The second-order valence-corrected chi connectivity index (χ2v) is 8.08. The average molecular weight is 471 g/mol. The van der Waals surface area contributed by atoms with Crippen molar-refractivity contribution in [3.05, 3.63) is 144 Å². The van der Waals surface area contributed by atoms with Crippen LogP contribution < -0.4 is 0 Å². The first-order chi connectivity index (χ1) is 16.6. The highest BCUT2D eigenvalue weighted by atomic mass is 35.5. The molecule has 0 aromatic heterocycles. The Morgan fingerprint density at radius 3 is 0.941 bits per heavy atom. The first kappa shape index (κ1) is 23.3. The lowest BCUT2D eigenvalue weighted by molar-refractivity contribution is -0.158. The van der Waals surface area contributed by atoms with E-state index in [2.05, 4.69) is 0 Å². The molecule has 0 fully saturated rings. The summed E-state index contributed by atoms with van der Waals surface area (Å²) < 4.78 is 11.5. The highest BCUT2D eigenvalue weighted by Gasteiger charge is 2.33. The number of esters is 2. The van der Waals surface area contributed by atoms with Gasteiger partial charge in [-0.25, -0.2) is 9.59 Å². The molecule has 0 aliphatic heterocycles. The van der Waals surface area contributed by atoms with Crippen molar-refractivity contribution in [2.24, 2.45) is 0 Å². The molecule has 0 aliphatic rings. The summed E-state index contributed by atoms with van der Waals surface area (Å²) in [5, 5.41) is -1.62. The third kappa shape index (κ3) is 5.72. The first-order valence-electron chi connectivity index (χ1n) is 10.9. The Labute approximate surface area is 203 Å². The number of halogens is 1. The van der Waals surface area contributed by atoms with Gasteiger partial charge in [0.1, 0.15) is 0 Å². The third-order valence-corrected chi connectivity index (χ3v) is 5.65. The van der Waals surface area contributed by atoms with Gasteiger partial charge in [0.05, 0.1) is 0 Å². The molecule has 4 aromatic rings. The summed E-state index contributed by atoms with van der Waals surface area (Å²) in [6.07, 6.45) is -1.41. The van der Waals surface area contributed by atoms with E-state index >= 15 is 0 Å². The molecule has 0 saturated carbocycles. The van der Waals surface area contributed by atoms with Gasteiger partial charge in [0, 0.05) is 0 Å². The van der Waals surface area contributed by atoms with Gasteiger partial charge in [0.25, 0.3) is 0 Å². The maximum atomic E-state index is 12.9. The summed E-state index contributed by atoms with van der Waals surface area (Å²) in [7, 11) is 0. The molecule has 0 heterocycles. The smallest absolute Gasteiger partial charge is 0.336 e. The zero-order valence-electron chi connectivity index (χ0n) is 18.3. The Bertz CT molecular complexity index is 1020. The third-order valence-electron chi connectivity index (χ3n) is 5.29. The molecule has 170 valence electrons. The summed E-state index contributed by atoms with van der Waals surface area (Å²) in [6.45, 7) is 0. The number of hydrogen-bond donors (Lipinski definition) is 0. The predicted octanol–water partition coefficient (Wildman–Crippen LogP) is 6.26. The van der Waals surface area contributed by atoms with Gasteiger partial charge in [-0.1, -0.05) is 133 Å². The number of benzene rings is 4. The molecule has 0 spiro atoms. The van der Waals surface area contributed by atoms with Crippen LogP contribution in [0.5, 0.6) is 0 Å². The molecule has 0 aliphatic carbocycles. The number of carbonyl (C=O) groups excluding carboxylic acids is 2. The average Bonchev–Trinajstić information content (AvgIpc) is 2.91. The Morgan fingerprint density at radius 2 is 0.706 bits per heavy atom. The van der Waals surface area contributed by atoms with Crippen molar-refractivity contribution in [3.8, 4) is 0 Å². The van der Waals surface area contributed by atoms with Gasteiger partial charge >= 0.3 is 11.9 Å². The second kappa shape index (κ2) is 11.3. The van der Waals surface area contributed by atoms with Crippen molar-refractivity contribution < 1.29 is 19.1 Å². The van der Waals surface area contributed by atoms with Gasteiger partial charge in [0.15, 0.2) is 12.2 Å². The van der Waals surface area contributed by atoms with Crippen LogP contribution in [0.1, 0.15) is 34.5 Å². The Morgan fingerprint density at radius 1 is 0.471 bits per heavy atom. The Kier molecular flexibility index (Phi) is 7.74. The summed E-state index contributed by atoms with van der Waals surface area (Å²) >= 11 is 6.27. The van der Waals surface area contributed by atoms with E-state index in [0.29, 0.717) is 0 Å². The lowest BCUT2D eigenvalue weighted by Crippen LogP contribution is -2.31. The molecule has 0 saturated heterocycles. The Hall–Kier alpha value is -3.89. The fourth-order valence-corrected chi connectivity index (χ4v) is 3.72. The van der Waals surface area contributed by atoms with E-state index in [0.717, 1.165) is 22.3 Å². The van der Waals surface area contributed by atoms with Crippen molar-refractivity contribution in [1.82, 2.24) is 0 Å². The van der Waals surface area contributed by atoms with Crippen LogP contribution >= 0.6 is 11.6 Å². The minimum absolute atomic E-state index is 0.706. The zero-order chi connectivity index (χ0) is 23.8. The van der Waals surface area contributed by atoms with Crippen molar-refractivity contribution in [1.29, 1.82) is 0 Å². The molecule has 0 amide bonds. The van der Waals surface area contributed by atoms with Crippen LogP contribution in [0.15, 0.2) is 121 Å². The van der Waals surface area contributed by atoms with Crippen LogP contribution in [-0.2, 0) is 19.1 Å². The van der Waals surface area contributed by atoms with Crippen LogP contribution in [0.3, 0.4) is 0 Å². The summed E-state index contributed by atoms with van der Waals surface area (Å²) in [4.78, 5) is 25.9. The molecule has 5 heteroatoms. The van der Waals surface area contributed by atoms with E-state index in [-0.39, 0.29) is 0 Å². The van der Waals surface area contributed by atoms with Crippen molar-refractivity contribution in [2.75, 3.05) is 0 Å². The molecule has 0 radical (unpaired) electrons. The minimum atomic E-state index is -1.62. The van der Waals surface area contributed by atoms with E-state index < -0.39 is 29.5 Å². The molecule has 0 atom stereocenters. The SMILES string of the molecule is O=C(OC(c1ccccc1)c1ccccc1)C(Cl)C(=O)OC(c1ccccc1)c1ccccc1. The summed E-state index contributed by atoms with van der Waals surface area (Å²) in [6, 6.07) is 37.2. The number of carbonyl (C=O) groups is 2. The molecule has 4 aromatic carbocycles. The Balaban J connectivity index is 1.53. The number of alkyl halides is 1. The molecule has 0 bridgehead atoms. The standard InChI is InChI=1S/C29H23ClO4/c30-25(28(31)33-26(21-13-5-1-6-14-21)22-15-7-2-8-16-22)29(32)34-27(23-17-9-3-10-18-23)24-19-11-4-12-20-24/h1-20,25-27H. The first-order valence-corrected chi connectivity index (χ1v) is 11.3. The quantitative estimate of drug-likeness (QED) is 0.173. The molecule has 0 N–H and O–H groups in total. The fraction of sp³-hybridized carbons (Fsp3) is 0.103. The van der Waals surface area contributed by atoms with E-state index in [1.807, 2.05) is 121 Å². The van der Waals surface area contributed by atoms with E-state index in [4.69, 9.17) is 21.1 Å². The van der Waals surface area contributed by atoms with Gasteiger partial charge in [-0.3, -0.25) is 0 Å². The maximum Gasteiger partial charge on any atom is 0.336 e. The summed E-state index contributed by atoms with van der Waals surface area (Å²) in [5.74, 6) is -1.74. The largest absolute Gasteiger partial charge is 0.451 e. The zero-order valence-corrected chi connectivity index (χ0v) is 19.0. The van der Waals surface area contributed by atoms with Crippen LogP contribution in [0.2, 0.25) is 0 Å². The van der Waals surface area contributed by atoms with Gasteiger partial charge < -0.3 is 9.47 Å². The van der Waals surface area contributed by atoms with Gasteiger partial charge in [-0.15, -0.1) is 0 Å². The molecular weight excluding hydrogens is 448 g/mol. The number of ether oxygens (including phenoxy) is 2. The van der Waals surface area contributed by atoms with Crippen LogP contribution in [0.25, 0.3) is 0 Å². The van der Waals surface area contributed by atoms with Crippen molar-refractivity contribution in [2.45, 2.75) is 17.6 Å². The van der Waals surface area contributed by atoms with Crippen LogP contribution in [0.4, 0.5) is 0 Å². The summed E-state index contributed by atoms with van der Waals surface area (Å²) in [5.41, 5.74) is 3.08. The highest BCUT2D eigenvalue weighted by Crippen LogP contribution is 2.29. The van der Waals surface area contributed by atoms with Crippen molar-refractivity contribution in [3.63, 3.8) is 0 Å². The number of hydrogen-bond acceptors (Lipinski definition) is 4. The molecule has 4 rings (SSSR count).